The molecule has 0 spiro atoms. The smallest absolute Gasteiger partial charge is 0.339 e. The van der Waals surface area contributed by atoms with Gasteiger partial charge in [-0.1, -0.05) is 55.5 Å². The van der Waals surface area contributed by atoms with Gasteiger partial charge in [-0.2, -0.15) is 5.26 Å². The van der Waals surface area contributed by atoms with E-state index in [1.807, 2.05) is 60.7 Å². The number of amides is 1. The number of hydrogen-bond donors (Lipinski definition) is 1. The molecule has 1 aliphatic carbocycles. The lowest BCUT2D eigenvalue weighted by molar-refractivity contribution is -0.124. The molecule has 1 amide bonds. The molecular weight excluding hydrogens is 414 g/mol. The number of carbonyl (C=O) groups excluding carboxylic acids is 2. The molecule has 33 heavy (non-hydrogen) atoms. The number of nitrogens with zero attached hydrogens (tertiary/aromatic N) is 2. The average Bonchev–Trinajstić information content (AvgIpc) is 2.82. The van der Waals surface area contributed by atoms with E-state index in [0.717, 1.165) is 39.7 Å². The fourth-order valence-electron chi connectivity index (χ4n) is 4.23. The molecule has 1 atom stereocenters. The predicted octanol–water partition coefficient (Wildman–Crippen LogP) is 4.54. The van der Waals surface area contributed by atoms with Crippen molar-refractivity contribution in [2.45, 2.75) is 26.2 Å². The van der Waals surface area contributed by atoms with Crippen molar-refractivity contribution in [3.05, 3.63) is 77.0 Å². The van der Waals surface area contributed by atoms with Gasteiger partial charge in [0.15, 0.2) is 6.61 Å². The van der Waals surface area contributed by atoms with Gasteiger partial charge in [0.25, 0.3) is 5.91 Å². The number of fused-ring (bicyclic) bond motifs is 2. The second-order valence-electron chi connectivity index (χ2n) is 8.26. The minimum Gasteiger partial charge on any atom is -0.452 e. The van der Waals surface area contributed by atoms with Crippen LogP contribution in [0.4, 0.5) is 0 Å². The molecular formula is C27H25N3O3. The number of benzene rings is 2. The molecule has 0 bridgehead atoms. The van der Waals surface area contributed by atoms with Gasteiger partial charge in [-0.25, -0.2) is 9.78 Å². The topological polar surface area (TPSA) is 92.1 Å². The van der Waals surface area contributed by atoms with Crippen LogP contribution in [-0.2, 0) is 16.0 Å². The fraction of sp³-hybridized carbons (Fsp3) is 0.259. The van der Waals surface area contributed by atoms with Crippen LogP contribution < -0.4 is 5.32 Å². The molecule has 2 aromatic carbocycles. The lowest BCUT2D eigenvalue weighted by Crippen LogP contribution is -2.30. The van der Waals surface area contributed by atoms with Gasteiger partial charge >= 0.3 is 5.97 Å². The van der Waals surface area contributed by atoms with E-state index in [2.05, 4.69) is 18.3 Å². The summed E-state index contributed by atoms with van der Waals surface area (Å²) in [6.07, 6.45) is 3.91. The zero-order valence-electron chi connectivity index (χ0n) is 18.5. The van der Waals surface area contributed by atoms with Crippen LogP contribution in [0, 0.1) is 17.2 Å². The zero-order valence-corrected chi connectivity index (χ0v) is 18.5. The first-order valence-electron chi connectivity index (χ1n) is 11.0. The fourth-order valence-corrected chi connectivity index (χ4v) is 4.23. The van der Waals surface area contributed by atoms with Crippen LogP contribution in [0.15, 0.2) is 54.6 Å². The minimum atomic E-state index is -0.534. The Bertz CT molecular complexity index is 1260. The predicted molar refractivity (Wildman–Crippen MR) is 127 cm³/mol. The summed E-state index contributed by atoms with van der Waals surface area (Å²) in [6.45, 7) is 2.00. The first-order valence-corrected chi connectivity index (χ1v) is 11.0. The van der Waals surface area contributed by atoms with Crippen LogP contribution in [0.3, 0.4) is 0 Å². The molecule has 4 rings (SSSR count). The van der Waals surface area contributed by atoms with Crippen LogP contribution >= 0.6 is 0 Å². The maximum absolute atomic E-state index is 13.2. The van der Waals surface area contributed by atoms with Gasteiger partial charge in [-0.05, 0) is 47.6 Å². The second kappa shape index (κ2) is 10.1. The summed E-state index contributed by atoms with van der Waals surface area (Å²) in [7, 11) is 0. The standard InChI is InChI=1S/C27H25N3O3/c1-18-14-20(16-19-8-3-2-4-9-19)26-22(15-18)25(21-10-5-6-11-23(21)30-26)27(32)33-17-24(31)29-13-7-12-28/h2-6,8-11,16,18H,7,13-15,17H2,1H3,(H,29,31)/b20-16+/t18-/m1/s1. The summed E-state index contributed by atoms with van der Waals surface area (Å²) in [4.78, 5) is 30.2. The molecule has 3 aromatic rings. The number of nitrogens with one attached hydrogen (secondary N) is 1. The average molecular weight is 440 g/mol. The van der Waals surface area contributed by atoms with Crippen LogP contribution in [0.1, 0.15) is 46.9 Å². The Labute approximate surface area is 192 Å². The van der Waals surface area contributed by atoms with Crippen molar-refractivity contribution in [1.82, 2.24) is 10.3 Å². The third-order valence-electron chi connectivity index (χ3n) is 5.66. The van der Waals surface area contributed by atoms with E-state index in [-0.39, 0.29) is 13.0 Å². The largest absolute Gasteiger partial charge is 0.452 e. The number of para-hydroxylation sites is 1. The number of nitriles is 1. The van der Waals surface area contributed by atoms with Gasteiger partial charge in [0.1, 0.15) is 0 Å². The molecule has 1 heterocycles. The van der Waals surface area contributed by atoms with E-state index in [4.69, 9.17) is 15.0 Å². The quantitative estimate of drug-likeness (QED) is 0.450. The van der Waals surface area contributed by atoms with Crippen molar-refractivity contribution in [2.24, 2.45) is 5.92 Å². The molecule has 0 fully saturated rings. The van der Waals surface area contributed by atoms with Crippen molar-refractivity contribution < 1.29 is 14.3 Å². The molecule has 1 aromatic heterocycles. The molecule has 0 unspecified atom stereocenters. The van der Waals surface area contributed by atoms with E-state index in [0.29, 0.717) is 17.9 Å². The van der Waals surface area contributed by atoms with Gasteiger partial charge < -0.3 is 10.1 Å². The molecule has 0 radical (unpaired) electrons. The molecule has 0 saturated carbocycles. The Kier molecular flexibility index (Phi) is 6.80. The number of carbonyl (C=O) groups is 2. The van der Waals surface area contributed by atoms with Crippen LogP contribution in [0.5, 0.6) is 0 Å². The number of aromatic nitrogens is 1. The van der Waals surface area contributed by atoms with Gasteiger partial charge in [0.05, 0.1) is 29.3 Å². The van der Waals surface area contributed by atoms with Crippen molar-refractivity contribution in [3.8, 4) is 6.07 Å². The highest BCUT2D eigenvalue weighted by atomic mass is 16.5. The number of rotatable bonds is 6. The molecule has 166 valence electrons. The van der Waals surface area contributed by atoms with Crippen LogP contribution in [0.2, 0.25) is 0 Å². The van der Waals surface area contributed by atoms with E-state index in [9.17, 15) is 9.59 Å². The first kappa shape index (κ1) is 22.2. The Morgan fingerprint density at radius 2 is 1.91 bits per heavy atom. The highest BCUT2D eigenvalue weighted by Crippen LogP contribution is 2.38. The highest BCUT2D eigenvalue weighted by molar-refractivity contribution is 6.07. The first-order chi connectivity index (χ1) is 16.1. The SMILES string of the molecule is C[C@@H]1C/C(=C\c2ccccc2)c2nc3ccccc3c(C(=O)OCC(=O)NCCC#N)c2C1. The normalized spacial score (nSPS) is 16.1. The summed E-state index contributed by atoms with van der Waals surface area (Å²) < 4.78 is 5.40. The van der Waals surface area contributed by atoms with Gasteiger partial charge in [0, 0.05) is 11.9 Å². The number of allylic oxidation sites excluding steroid dienone is 1. The summed E-state index contributed by atoms with van der Waals surface area (Å²) >= 11 is 0. The van der Waals surface area contributed by atoms with Gasteiger partial charge in [0.2, 0.25) is 0 Å². The lowest BCUT2D eigenvalue weighted by atomic mass is 9.80. The molecule has 1 N–H and O–H groups in total. The van der Waals surface area contributed by atoms with Crippen molar-refractivity contribution in [3.63, 3.8) is 0 Å². The Morgan fingerprint density at radius 1 is 1.15 bits per heavy atom. The monoisotopic (exact) mass is 439 g/mol. The van der Waals surface area contributed by atoms with E-state index < -0.39 is 18.5 Å². The van der Waals surface area contributed by atoms with Crippen LogP contribution in [-0.4, -0.2) is 30.0 Å². The third kappa shape index (κ3) is 5.09. The number of hydrogen-bond acceptors (Lipinski definition) is 5. The Balaban J connectivity index is 1.73. The van der Waals surface area contributed by atoms with Crippen molar-refractivity contribution in [2.75, 3.05) is 13.2 Å². The summed E-state index contributed by atoms with van der Waals surface area (Å²) in [5, 5.41) is 11.9. The summed E-state index contributed by atoms with van der Waals surface area (Å²) in [5.74, 6) is -0.631. The van der Waals surface area contributed by atoms with E-state index >= 15 is 0 Å². The third-order valence-corrected chi connectivity index (χ3v) is 5.66. The molecule has 6 heteroatoms. The summed E-state index contributed by atoms with van der Waals surface area (Å²) in [5.41, 5.74) is 5.05. The van der Waals surface area contributed by atoms with Gasteiger partial charge in [-0.3, -0.25) is 4.79 Å². The maximum atomic E-state index is 13.2. The highest BCUT2D eigenvalue weighted by Gasteiger charge is 2.29. The number of esters is 1. The minimum absolute atomic E-state index is 0.205. The number of ether oxygens (including phenoxy) is 1. The number of pyridine rings is 1. The zero-order chi connectivity index (χ0) is 23.2. The second-order valence-corrected chi connectivity index (χ2v) is 8.26. The molecule has 0 aliphatic heterocycles. The van der Waals surface area contributed by atoms with Crippen molar-refractivity contribution in [1.29, 1.82) is 5.26 Å². The summed E-state index contributed by atoms with van der Waals surface area (Å²) in [6, 6.07) is 19.6. The Hall–Kier alpha value is -3.98. The van der Waals surface area contributed by atoms with Crippen molar-refractivity contribution >= 4 is 34.4 Å². The molecule has 0 saturated heterocycles. The molecule has 6 nitrogen and oxygen atoms in total. The van der Waals surface area contributed by atoms with E-state index in [1.165, 1.54) is 0 Å². The Morgan fingerprint density at radius 3 is 2.70 bits per heavy atom. The van der Waals surface area contributed by atoms with E-state index in [1.54, 1.807) is 0 Å². The maximum Gasteiger partial charge on any atom is 0.339 e. The molecule has 1 aliphatic rings. The van der Waals surface area contributed by atoms with Crippen LogP contribution in [0.25, 0.3) is 22.6 Å². The lowest BCUT2D eigenvalue weighted by Gasteiger charge is -2.26. The van der Waals surface area contributed by atoms with Gasteiger partial charge in [-0.15, -0.1) is 0 Å².